The fourth-order valence-electron chi connectivity index (χ4n) is 1.82. The molecular weight excluding hydrogens is 310 g/mol. The number of aliphatic hydroxyl groups excluding tert-OH is 1. The lowest BCUT2D eigenvalue weighted by Gasteiger charge is -2.14. The van der Waals surface area contributed by atoms with Crippen LogP contribution < -0.4 is 0 Å². The van der Waals surface area contributed by atoms with Crippen molar-refractivity contribution in [2.75, 3.05) is 0 Å². The van der Waals surface area contributed by atoms with Crippen molar-refractivity contribution in [2.45, 2.75) is 12.5 Å². The van der Waals surface area contributed by atoms with Gasteiger partial charge in [-0.2, -0.15) is 0 Å². The second-order valence-electron chi connectivity index (χ2n) is 4.10. The van der Waals surface area contributed by atoms with E-state index >= 15 is 0 Å². The van der Waals surface area contributed by atoms with Crippen LogP contribution in [0.2, 0.25) is 15.1 Å². The zero-order chi connectivity index (χ0) is 14.0. The van der Waals surface area contributed by atoms with Crippen molar-refractivity contribution in [3.05, 3.63) is 68.4 Å². The summed E-state index contributed by atoms with van der Waals surface area (Å²) in [5, 5.41) is 11.0. The number of rotatable bonds is 3. The highest BCUT2D eigenvalue weighted by Gasteiger charge is 2.16. The predicted octanol–water partition coefficient (Wildman–Crippen LogP) is 5.06. The van der Waals surface area contributed by atoms with Gasteiger partial charge in [-0.3, -0.25) is 0 Å². The molecule has 1 unspecified atom stereocenters. The number of hydrogen-bond acceptors (Lipinski definition) is 1. The van der Waals surface area contributed by atoms with Gasteiger partial charge in [-0.15, -0.1) is 0 Å². The van der Waals surface area contributed by atoms with Crippen molar-refractivity contribution in [3.8, 4) is 0 Å². The highest BCUT2D eigenvalue weighted by Crippen LogP contribution is 2.32. The molecule has 0 aliphatic heterocycles. The van der Waals surface area contributed by atoms with Crippen LogP contribution in [0, 0.1) is 5.82 Å². The summed E-state index contributed by atoms with van der Waals surface area (Å²) in [6, 6.07) is 9.32. The Morgan fingerprint density at radius 2 is 1.63 bits per heavy atom. The van der Waals surface area contributed by atoms with Crippen molar-refractivity contribution in [1.29, 1.82) is 0 Å². The Morgan fingerprint density at radius 3 is 2.21 bits per heavy atom. The summed E-state index contributed by atoms with van der Waals surface area (Å²) >= 11 is 17.7. The maximum atomic E-state index is 13.1. The van der Waals surface area contributed by atoms with E-state index < -0.39 is 11.9 Å². The third-order valence-corrected chi connectivity index (χ3v) is 3.69. The maximum absolute atomic E-state index is 13.1. The molecule has 0 heterocycles. The van der Waals surface area contributed by atoms with Crippen LogP contribution in [-0.4, -0.2) is 5.11 Å². The number of aliphatic hydroxyl groups is 1. The molecule has 2 rings (SSSR count). The second-order valence-corrected chi connectivity index (χ2v) is 5.33. The zero-order valence-electron chi connectivity index (χ0n) is 9.71. The van der Waals surface area contributed by atoms with Gasteiger partial charge in [0.2, 0.25) is 0 Å². The van der Waals surface area contributed by atoms with E-state index in [4.69, 9.17) is 34.8 Å². The van der Waals surface area contributed by atoms with E-state index in [9.17, 15) is 9.50 Å². The van der Waals surface area contributed by atoms with Gasteiger partial charge >= 0.3 is 0 Å². The largest absolute Gasteiger partial charge is 0.388 e. The van der Waals surface area contributed by atoms with Gasteiger partial charge in [0.15, 0.2) is 0 Å². The summed E-state index contributed by atoms with van der Waals surface area (Å²) in [6.45, 7) is 0. The fraction of sp³-hybridized carbons (Fsp3) is 0.143. The molecule has 0 aliphatic carbocycles. The van der Waals surface area contributed by atoms with Crippen LogP contribution in [-0.2, 0) is 6.42 Å². The van der Waals surface area contributed by atoms with Crippen molar-refractivity contribution in [1.82, 2.24) is 0 Å². The molecule has 1 N–H and O–H groups in total. The van der Waals surface area contributed by atoms with E-state index in [1.807, 2.05) is 0 Å². The van der Waals surface area contributed by atoms with Crippen LogP contribution in [0.15, 0.2) is 36.4 Å². The number of halogens is 4. The van der Waals surface area contributed by atoms with Crippen LogP contribution in [0.25, 0.3) is 0 Å². The minimum Gasteiger partial charge on any atom is -0.388 e. The molecule has 5 heteroatoms. The van der Waals surface area contributed by atoms with Crippen LogP contribution >= 0.6 is 34.8 Å². The lowest BCUT2D eigenvalue weighted by Crippen LogP contribution is -2.03. The Bertz CT molecular complexity index is 581. The van der Waals surface area contributed by atoms with E-state index in [0.717, 1.165) is 0 Å². The topological polar surface area (TPSA) is 20.2 Å². The van der Waals surface area contributed by atoms with Gasteiger partial charge in [0, 0.05) is 22.0 Å². The van der Waals surface area contributed by atoms with Crippen LogP contribution in [0.1, 0.15) is 17.2 Å². The molecule has 100 valence electrons. The third kappa shape index (κ3) is 3.40. The molecule has 2 aromatic rings. The molecule has 0 spiro atoms. The lowest BCUT2D eigenvalue weighted by atomic mass is 10.0. The Hall–Kier alpha value is -0.800. The standard InChI is InChI=1S/C14H10Cl3FO/c15-9-2-1-3-10(16)14(9)13(19)7-8-4-5-12(18)11(17)6-8/h1-6,13,19H,7H2. The molecule has 0 aromatic heterocycles. The van der Waals surface area contributed by atoms with Gasteiger partial charge < -0.3 is 5.11 Å². The molecule has 0 radical (unpaired) electrons. The average Bonchev–Trinajstić information content (AvgIpc) is 2.33. The smallest absolute Gasteiger partial charge is 0.141 e. The van der Waals surface area contributed by atoms with Crippen molar-refractivity contribution >= 4 is 34.8 Å². The van der Waals surface area contributed by atoms with Gasteiger partial charge in [0.05, 0.1) is 11.1 Å². The highest BCUT2D eigenvalue weighted by molar-refractivity contribution is 6.36. The highest BCUT2D eigenvalue weighted by atomic mass is 35.5. The van der Waals surface area contributed by atoms with Gasteiger partial charge in [-0.1, -0.05) is 46.9 Å². The molecule has 0 fully saturated rings. The van der Waals surface area contributed by atoms with E-state index in [0.29, 0.717) is 21.2 Å². The first kappa shape index (κ1) is 14.6. The summed E-state index contributed by atoms with van der Waals surface area (Å²) < 4.78 is 13.1. The van der Waals surface area contributed by atoms with E-state index in [1.165, 1.54) is 12.1 Å². The molecule has 0 amide bonds. The van der Waals surface area contributed by atoms with E-state index in [1.54, 1.807) is 24.3 Å². The minimum absolute atomic E-state index is 0.0231. The summed E-state index contributed by atoms with van der Waals surface area (Å²) in [6.07, 6.45) is -0.619. The summed E-state index contributed by atoms with van der Waals surface area (Å²) in [7, 11) is 0. The lowest BCUT2D eigenvalue weighted by molar-refractivity contribution is 0.178. The Kier molecular flexibility index (Phi) is 4.69. The zero-order valence-corrected chi connectivity index (χ0v) is 12.0. The molecular formula is C14H10Cl3FO. The molecule has 0 saturated carbocycles. The molecule has 19 heavy (non-hydrogen) atoms. The summed E-state index contributed by atoms with van der Waals surface area (Å²) in [5.74, 6) is -0.490. The van der Waals surface area contributed by atoms with Crippen molar-refractivity contribution in [2.24, 2.45) is 0 Å². The number of benzene rings is 2. The first-order chi connectivity index (χ1) is 8.99. The molecule has 0 bridgehead atoms. The van der Waals surface area contributed by atoms with Crippen molar-refractivity contribution < 1.29 is 9.50 Å². The molecule has 1 nitrogen and oxygen atoms in total. The average molecular weight is 320 g/mol. The van der Waals surface area contributed by atoms with Crippen LogP contribution in [0.5, 0.6) is 0 Å². The van der Waals surface area contributed by atoms with Gasteiger partial charge in [-0.05, 0) is 29.8 Å². The van der Waals surface area contributed by atoms with Crippen LogP contribution in [0.4, 0.5) is 4.39 Å². The summed E-state index contributed by atoms with van der Waals surface area (Å²) in [4.78, 5) is 0. The van der Waals surface area contributed by atoms with E-state index in [2.05, 4.69) is 0 Å². The van der Waals surface area contributed by atoms with Gasteiger partial charge in [-0.25, -0.2) is 4.39 Å². The molecule has 1 atom stereocenters. The Labute approximate surface area is 125 Å². The summed E-state index contributed by atoms with van der Waals surface area (Å²) in [5.41, 5.74) is 1.17. The fourth-order valence-corrected chi connectivity index (χ4v) is 2.67. The minimum atomic E-state index is -0.872. The quantitative estimate of drug-likeness (QED) is 0.838. The maximum Gasteiger partial charge on any atom is 0.141 e. The SMILES string of the molecule is OC(Cc1ccc(F)c(Cl)c1)c1c(Cl)cccc1Cl. The number of hydrogen-bond donors (Lipinski definition) is 1. The van der Waals surface area contributed by atoms with Crippen molar-refractivity contribution in [3.63, 3.8) is 0 Å². The predicted molar refractivity (Wildman–Crippen MR) is 76.5 cm³/mol. The molecule has 0 saturated heterocycles. The monoisotopic (exact) mass is 318 g/mol. The first-order valence-electron chi connectivity index (χ1n) is 5.55. The Morgan fingerprint density at radius 1 is 1.00 bits per heavy atom. The second kappa shape index (κ2) is 6.10. The van der Waals surface area contributed by atoms with E-state index in [-0.39, 0.29) is 11.4 Å². The molecule has 0 aliphatic rings. The van der Waals surface area contributed by atoms with Crippen LogP contribution in [0.3, 0.4) is 0 Å². The van der Waals surface area contributed by atoms with Gasteiger partial charge in [0.25, 0.3) is 0 Å². The Balaban J connectivity index is 2.25. The van der Waals surface area contributed by atoms with Gasteiger partial charge in [0.1, 0.15) is 5.82 Å². The first-order valence-corrected chi connectivity index (χ1v) is 6.68. The molecule has 2 aromatic carbocycles. The normalized spacial score (nSPS) is 12.5. The third-order valence-electron chi connectivity index (χ3n) is 2.75.